The minimum atomic E-state index is 0.0170. The molecule has 2 atom stereocenters. The van der Waals surface area contributed by atoms with Gasteiger partial charge in [-0.1, -0.05) is 20.3 Å². The Morgan fingerprint density at radius 3 is 2.70 bits per heavy atom. The van der Waals surface area contributed by atoms with Crippen LogP contribution in [0.15, 0.2) is 12.1 Å². The number of aryl methyl sites for hydroxylation is 1. The van der Waals surface area contributed by atoms with Crippen molar-refractivity contribution in [1.29, 1.82) is 0 Å². The van der Waals surface area contributed by atoms with Crippen molar-refractivity contribution >= 4 is 17.2 Å². The van der Waals surface area contributed by atoms with Crippen LogP contribution in [-0.4, -0.2) is 22.9 Å². The summed E-state index contributed by atoms with van der Waals surface area (Å²) in [5.41, 5.74) is 0. The molecule has 1 amide bonds. The van der Waals surface area contributed by atoms with E-state index in [-0.39, 0.29) is 12.2 Å². The molecule has 0 aromatic carbocycles. The van der Waals surface area contributed by atoms with E-state index in [2.05, 4.69) is 43.1 Å². The van der Waals surface area contributed by atoms with Crippen LogP contribution in [0.25, 0.3) is 0 Å². The molecular weight excluding hydrogens is 268 g/mol. The van der Waals surface area contributed by atoms with Crippen LogP contribution in [0, 0.1) is 12.8 Å². The molecule has 20 heavy (non-hydrogen) atoms. The molecular formula is C16H24N2OS. The number of carbonyl (C=O) groups excluding carboxylic acids is 1. The number of nitrogens with one attached hydrogen (secondary N) is 1. The van der Waals surface area contributed by atoms with Crippen molar-refractivity contribution in [2.24, 2.45) is 5.92 Å². The summed E-state index contributed by atoms with van der Waals surface area (Å²) in [5, 5.41) is 3.57. The molecule has 1 aliphatic heterocycles. The van der Waals surface area contributed by atoms with Crippen molar-refractivity contribution in [3.63, 3.8) is 0 Å². The Balaban J connectivity index is 1.83. The number of amides is 1. The molecule has 1 saturated carbocycles. The van der Waals surface area contributed by atoms with E-state index in [0.717, 1.165) is 31.6 Å². The predicted octanol–water partition coefficient (Wildman–Crippen LogP) is 3.45. The fourth-order valence-electron chi connectivity index (χ4n) is 3.44. The summed E-state index contributed by atoms with van der Waals surface area (Å²) in [6, 6.07) is 4.79. The summed E-state index contributed by atoms with van der Waals surface area (Å²) in [6.45, 7) is 6.55. The molecule has 3 nitrogen and oxygen atoms in total. The van der Waals surface area contributed by atoms with Crippen molar-refractivity contribution in [2.45, 2.75) is 64.7 Å². The summed E-state index contributed by atoms with van der Waals surface area (Å²) in [5.74, 6) is 1.09. The highest BCUT2D eigenvalue weighted by atomic mass is 32.1. The lowest BCUT2D eigenvalue weighted by Crippen LogP contribution is -2.46. The Labute approximate surface area is 125 Å². The summed E-state index contributed by atoms with van der Waals surface area (Å²) in [7, 11) is 0. The Morgan fingerprint density at radius 2 is 2.15 bits per heavy atom. The zero-order valence-electron chi connectivity index (χ0n) is 12.6. The van der Waals surface area contributed by atoms with Gasteiger partial charge in [-0.2, -0.15) is 0 Å². The third-order valence-electron chi connectivity index (χ3n) is 4.54. The molecule has 2 heterocycles. The van der Waals surface area contributed by atoms with E-state index < -0.39 is 0 Å². The molecule has 110 valence electrons. The first-order valence-corrected chi connectivity index (χ1v) is 8.56. The largest absolute Gasteiger partial charge is 0.318 e. The van der Waals surface area contributed by atoms with Crippen LogP contribution in [0.2, 0.25) is 0 Å². The van der Waals surface area contributed by atoms with Crippen molar-refractivity contribution in [2.75, 3.05) is 0 Å². The van der Waals surface area contributed by atoms with Crippen molar-refractivity contribution in [3.05, 3.63) is 21.9 Å². The van der Waals surface area contributed by atoms with Gasteiger partial charge in [0.2, 0.25) is 5.91 Å². The second-order valence-electron chi connectivity index (χ2n) is 6.33. The van der Waals surface area contributed by atoms with Crippen LogP contribution in [0.5, 0.6) is 0 Å². The average Bonchev–Trinajstić information content (AvgIpc) is 2.92. The molecule has 4 heteroatoms. The quantitative estimate of drug-likeness (QED) is 0.922. The van der Waals surface area contributed by atoms with Gasteiger partial charge in [0.25, 0.3) is 0 Å². The van der Waals surface area contributed by atoms with Crippen LogP contribution in [0.3, 0.4) is 0 Å². The van der Waals surface area contributed by atoms with Crippen LogP contribution in [0.4, 0.5) is 0 Å². The van der Waals surface area contributed by atoms with Gasteiger partial charge in [0.05, 0.1) is 6.04 Å². The fourth-order valence-corrected chi connectivity index (χ4v) is 4.38. The minimum Gasteiger partial charge on any atom is -0.318 e. The van der Waals surface area contributed by atoms with E-state index in [1.54, 1.807) is 0 Å². The van der Waals surface area contributed by atoms with Crippen molar-refractivity contribution in [3.8, 4) is 0 Å². The van der Waals surface area contributed by atoms with E-state index in [4.69, 9.17) is 0 Å². The van der Waals surface area contributed by atoms with Crippen molar-refractivity contribution < 1.29 is 4.79 Å². The van der Waals surface area contributed by atoms with Crippen LogP contribution < -0.4 is 5.32 Å². The summed E-state index contributed by atoms with van der Waals surface area (Å²) >= 11 is 1.81. The third kappa shape index (κ3) is 2.40. The Kier molecular flexibility index (Phi) is 3.87. The fraction of sp³-hybridized carbons (Fsp3) is 0.688. The number of hydrogen-bond acceptors (Lipinski definition) is 3. The first kappa shape index (κ1) is 14.1. The molecule has 0 radical (unpaired) electrons. The number of hydrogen-bond donors (Lipinski definition) is 1. The van der Waals surface area contributed by atoms with Crippen LogP contribution >= 0.6 is 11.3 Å². The minimum absolute atomic E-state index is 0.0170. The van der Waals surface area contributed by atoms with Crippen LogP contribution in [0.1, 0.15) is 55.5 Å². The predicted molar refractivity (Wildman–Crippen MR) is 82.7 cm³/mol. The van der Waals surface area contributed by atoms with Gasteiger partial charge in [-0.25, -0.2) is 0 Å². The van der Waals surface area contributed by atoms with E-state index >= 15 is 0 Å². The van der Waals surface area contributed by atoms with E-state index in [9.17, 15) is 4.79 Å². The second kappa shape index (κ2) is 5.49. The highest BCUT2D eigenvalue weighted by Crippen LogP contribution is 2.40. The standard InChI is InChI=1S/C16H24N2OS/c1-4-5-13-16(19)18(12-8-10(2)9-12)15(17-13)14-7-6-11(3)20-14/h6-7,10,12-13,15,17H,4-5,8-9H2,1-3H3. The maximum Gasteiger partial charge on any atom is 0.241 e. The van der Waals surface area contributed by atoms with Gasteiger partial charge in [0.1, 0.15) is 6.17 Å². The summed E-state index contributed by atoms with van der Waals surface area (Å²) < 4.78 is 0. The van der Waals surface area contributed by atoms with E-state index in [1.165, 1.54) is 9.75 Å². The van der Waals surface area contributed by atoms with Gasteiger partial charge in [-0.15, -0.1) is 11.3 Å². The number of rotatable bonds is 4. The number of carbonyl (C=O) groups is 1. The van der Waals surface area contributed by atoms with E-state index in [0.29, 0.717) is 11.9 Å². The SMILES string of the molecule is CCCC1NC(c2ccc(C)s2)N(C2CC(C)C2)C1=O. The second-order valence-corrected chi connectivity index (χ2v) is 7.65. The Bertz CT molecular complexity index is 492. The molecule has 1 aromatic heterocycles. The molecule has 1 aliphatic carbocycles. The zero-order chi connectivity index (χ0) is 14.3. The molecule has 2 fully saturated rings. The van der Waals surface area contributed by atoms with Gasteiger partial charge in [0, 0.05) is 15.8 Å². The topological polar surface area (TPSA) is 32.3 Å². The lowest BCUT2D eigenvalue weighted by Gasteiger charge is -2.42. The summed E-state index contributed by atoms with van der Waals surface area (Å²) in [6.07, 6.45) is 4.42. The smallest absolute Gasteiger partial charge is 0.241 e. The molecule has 2 aliphatic rings. The van der Waals surface area contributed by atoms with Gasteiger partial charge in [-0.3, -0.25) is 10.1 Å². The number of nitrogens with zero attached hydrogens (tertiary/aromatic N) is 1. The third-order valence-corrected chi connectivity index (χ3v) is 5.59. The first-order valence-electron chi connectivity index (χ1n) is 7.74. The maximum absolute atomic E-state index is 12.7. The highest BCUT2D eigenvalue weighted by Gasteiger charge is 2.46. The molecule has 0 spiro atoms. The normalized spacial score (nSPS) is 33.5. The van der Waals surface area contributed by atoms with Crippen molar-refractivity contribution in [1.82, 2.24) is 10.2 Å². The van der Waals surface area contributed by atoms with Gasteiger partial charge in [0.15, 0.2) is 0 Å². The summed E-state index contributed by atoms with van der Waals surface area (Å²) in [4.78, 5) is 17.4. The zero-order valence-corrected chi connectivity index (χ0v) is 13.4. The average molecular weight is 292 g/mol. The van der Waals surface area contributed by atoms with E-state index in [1.807, 2.05) is 11.3 Å². The molecule has 3 rings (SSSR count). The van der Waals surface area contributed by atoms with Gasteiger partial charge < -0.3 is 4.90 Å². The number of thiophene rings is 1. The van der Waals surface area contributed by atoms with Gasteiger partial charge in [-0.05, 0) is 44.2 Å². The lowest BCUT2D eigenvalue weighted by atomic mass is 9.80. The Morgan fingerprint density at radius 1 is 1.40 bits per heavy atom. The molecule has 1 saturated heterocycles. The van der Waals surface area contributed by atoms with Crippen LogP contribution in [-0.2, 0) is 4.79 Å². The molecule has 0 bridgehead atoms. The Hall–Kier alpha value is -0.870. The molecule has 1 aromatic rings. The highest BCUT2D eigenvalue weighted by molar-refractivity contribution is 7.12. The lowest BCUT2D eigenvalue weighted by molar-refractivity contribution is -0.135. The molecule has 1 N–H and O–H groups in total. The first-order chi connectivity index (χ1) is 9.60. The monoisotopic (exact) mass is 292 g/mol. The van der Waals surface area contributed by atoms with Gasteiger partial charge >= 0.3 is 0 Å². The maximum atomic E-state index is 12.7. The molecule has 2 unspecified atom stereocenters.